The average molecular weight is 427 g/mol. The molecule has 0 aliphatic carbocycles. The topological polar surface area (TPSA) is 78.1 Å². The fraction of sp³-hybridized carbons (Fsp3) is 0.0556. The van der Waals surface area contributed by atoms with E-state index in [0.717, 1.165) is 6.07 Å². The molecular formula is C18H11Cl3FN3O2. The van der Waals surface area contributed by atoms with Gasteiger partial charge >= 0.3 is 5.97 Å². The number of nitrogens with two attached hydrogens (primary N) is 1. The smallest absolute Gasteiger partial charge is 0.359 e. The molecule has 0 radical (unpaired) electrons. The van der Waals surface area contributed by atoms with E-state index in [1.54, 1.807) is 24.3 Å². The summed E-state index contributed by atoms with van der Waals surface area (Å²) in [5, 5.41) is 0.539. The van der Waals surface area contributed by atoms with E-state index in [1.165, 1.54) is 12.1 Å². The van der Waals surface area contributed by atoms with Gasteiger partial charge in [0.05, 0.1) is 5.56 Å². The lowest BCUT2D eigenvalue weighted by Crippen LogP contribution is -2.12. The van der Waals surface area contributed by atoms with Gasteiger partial charge in [0.15, 0.2) is 11.5 Å². The highest BCUT2D eigenvalue weighted by Gasteiger charge is 2.21. The van der Waals surface area contributed by atoms with Gasteiger partial charge in [0, 0.05) is 10.0 Å². The van der Waals surface area contributed by atoms with Crippen molar-refractivity contribution in [3.8, 4) is 11.4 Å². The minimum Gasteiger partial charge on any atom is -0.456 e. The molecule has 0 unspecified atom stereocenters. The summed E-state index contributed by atoms with van der Waals surface area (Å²) >= 11 is 17.7. The minimum absolute atomic E-state index is 0.0201. The quantitative estimate of drug-likeness (QED) is 0.581. The van der Waals surface area contributed by atoms with Gasteiger partial charge in [0.25, 0.3) is 0 Å². The van der Waals surface area contributed by atoms with Crippen LogP contribution >= 0.6 is 34.8 Å². The number of aromatic nitrogens is 2. The molecule has 27 heavy (non-hydrogen) atoms. The number of anilines is 1. The van der Waals surface area contributed by atoms with Crippen LogP contribution in [0.2, 0.25) is 15.1 Å². The lowest BCUT2D eigenvalue weighted by Gasteiger charge is -2.10. The first-order chi connectivity index (χ1) is 12.8. The van der Waals surface area contributed by atoms with Gasteiger partial charge in [0.1, 0.15) is 23.3 Å². The Labute approximate surface area is 168 Å². The summed E-state index contributed by atoms with van der Waals surface area (Å²) in [6.45, 7) is -0.0513. The molecule has 0 amide bonds. The van der Waals surface area contributed by atoms with E-state index in [2.05, 4.69) is 9.97 Å². The van der Waals surface area contributed by atoms with Crippen LogP contribution in [-0.4, -0.2) is 15.9 Å². The molecule has 0 fully saturated rings. The fourth-order valence-corrected chi connectivity index (χ4v) is 2.77. The van der Waals surface area contributed by atoms with Crippen LogP contribution in [0.1, 0.15) is 16.1 Å². The van der Waals surface area contributed by atoms with E-state index >= 15 is 0 Å². The molecule has 1 heterocycles. The van der Waals surface area contributed by atoms with Crippen LogP contribution in [0.3, 0.4) is 0 Å². The Bertz CT molecular complexity index is 1030. The Morgan fingerprint density at radius 3 is 2.52 bits per heavy atom. The van der Waals surface area contributed by atoms with E-state index in [1.807, 2.05) is 0 Å². The third-order valence-corrected chi connectivity index (χ3v) is 4.34. The molecule has 3 aromatic rings. The average Bonchev–Trinajstić information content (AvgIpc) is 2.62. The standard InChI is InChI=1S/C18H11Cl3FN3O2/c19-10-3-1-2-9(6-10)8-27-18(26)15-14(21)16(23)25-17(24-15)12-5-4-11(20)7-13(12)22/h1-7H,8H2,(H2,23,24,25). The van der Waals surface area contributed by atoms with Crippen LogP contribution in [0.25, 0.3) is 11.4 Å². The second-order valence-corrected chi connectivity index (χ2v) is 6.68. The van der Waals surface area contributed by atoms with Gasteiger partial charge in [-0.25, -0.2) is 19.2 Å². The first kappa shape index (κ1) is 19.4. The molecule has 0 aliphatic rings. The number of ether oxygens (including phenoxy) is 1. The largest absolute Gasteiger partial charge is 0.456 e. The molecule has 1 aromatic heterocycles. The Hall–Kier alpha value is -2.41. The summed E-state index contributed by atoms with van der Waals surface area (Å²) in [5.74, 6) is -1.78. The van der Waals surface area contributed by atoms with Crippen molar-refractivity contribution in [2.24, 2.45) is 0 Å². The molecule has 5 nitrogen and oxygen atoms in total. The number of hydrogen-bond donors (Lipinski definition) is 1. The zero-order chi connectivity index (χ0) is 19.6. The number of esters is 1. The third kappa shape index (κ3) is 4.47. The summed E-state index contributed by atoms with van der Waals surface area (Å²) < 4.78 is 19.3. The van der Waals surface area contributed by atoms with Crippen LogP contribution in [0.5, 0.6) is 0 Å². The van der Waals surface area contributed by atoms with Gasteiger partial charge in [-0.15, -0.1) is 0 Å². The monoisotopic (exact) mass is 425 g/mol. The fourth-order valence-electron chi connectivity index (χ4n) is 2.23. The van der Waals surface area contributed by atoms with Gasteiger partial charge in [-0.3, -0.25) is 0 Å². The van der Waals surface area contributed by atoms with Crippen LogP contribution in [0.15, 0.2) is 42.5 Å². The van der Waals surface area contributed by atoms with Crippen molar-refractivity contribution in [1.29, 1.82) is 0 Å². The predicted octanol–water partition coefficient (Wildman–Crippen LogP) is 5.18. The highest BCUT2D eigenvalue weighted by Crippen LogP contribution is 2.28. The molecule has 0 saturated heterocycles. The minimum atomic E-state index is -0.829. The normalized spacial score (nSPS) is 10.7. The Kier molecular flexibility index (Phi) is 5.79. The summed E-state index contributed by atoms with van der Waals surface area (Å²) in [6, 6.07) is 10.8. The van der Waals surface area contributed by atoms with Crippen LogP contribution in [0, 0.1) is 5.82 Å². The van der Waals surface area contributed by atoms with Crippen molar-refractivity contribution < 1.29 is 13.9 Å². The number of nitrogen functional groups attached to an aromatic ring is 1. The molecule has 0 atom stereocenters. The van der Waals surface area contributed by atoms with Gasteiger partial charge < -0.3 is 10.5 Å². The Morgan fingerprint density at radius 1 is 1.07 bits per heavy atom. The lowest BCUT2D eigenvalue weighted by molar-refractivity contribution is 0.0466. The second kappa shape index (κ2) is 8.08. The molecule has 2 aromatic carbocycles. The van der Waals surface area contributed by atoms with E-state index in [4.69, 9.17) is 45.3 Å². The first-order valence-corrected chi connectivity index (χ1v) is 8.68. The predicted molar refractivity (Wildman–Crippen MR) is 102 cm³/mol. The summed E-state index contributed by atoms with van der Waals surface area (Å²) in [7, 11) is 0. The third-order valence-electron chi connectivity index (χ3n) is 3.50. The van der Waals surface area contributed by atoms with Crippen molar-refractivity contribution in [3.05, 3.63) is 74.6 Å². The number of carbonyl (C=O) groups excluding carboxylic acids is 1. The van der Waals surface area contributed by atoms with Gasteiger partial charge in [-0.1, -0.05) is 46.9 Å². The molecule has 0 saturated carbocycles. The van der Waals surface area contributed by atoms with E-state index in [-0.39, 0.29) is 39.6 Å². The highest BCUT2D eigenvalue weighted by atomic mass is 35.5. The zero-order valence-corrected chi connectivity index (χ0v) is 15.8. The number of halogens is 4. The van der Waals surface area contributed by atoms with Crippen molar-refractivity contribution in [2.75, 3.05) is 5.73 Å². The number of carbonyl (C=O) groups is 1. The zero-order valence-electron chi connectivity index (χ0n) is 13.5. The van der Waals surface area contributed by atoms with Crippen LogP contribution < -0.4 is 5.73 Å². The van der Waals surface area contributed by atoms with Crippen LogP contribution in [0.4, 0.5) is 10.2 Å². The maximum absolute atomic E-state index is 14.1. The number of nitrogens with zero attached hydrogens (tertiary/aromatic N) is 2. The molecule has 138 valence electrons. The van der Waals surface area contributed by atoms with Gasteiger partial charge in [-0.05, 0) is 35.9 Å². The maximum atomic E-state index is 14.1. The maximum Gasteiger partial charge on any atom is 0.359 e. The molecule has 0 spiro atoms. The van der Waals surface area contributed by atoms with Crippen molar-refractivity contribution in [2.45, 2.75) is 6.61 Å². The van der Waals surface area contributed by atoms with Gasteiger partial charge in [-0.2, -0.15) is 0 Å². The number of benzene rings is 2. The molecule has 2 N–H and O–H groups in total. The number of hydrogen-bond acceptors (Lipinski definition) is 5. The second-order valence-electron chi connectivity index (χ2n) is 5.43. The van der Waals surface area contributed by atoms with Crippen molar-refractivity contribution in [3.63, 3.8) is 0 Å². The molecule has 9 heteroatoms. The molecular weight excluding hydrogens is 416 g/mol. The van der Waals surface area contributed by atoms with E-state index in [0.29, 0.717) is 10.6 Å². The highest BCUT2D eigenvalue weighted by molar-refractivity contribution is 6.35. The first-order valence-electron chi connectivity index (χ1n) is 7.55. The lowest BCUT2D eigenvalue weighted by atomic mass is 10.2. The summed E-state index contributed by atoms with van der Waals surface area (Å²) in [6.07, 6.45) is 0. The van der Waals surface area contributed by atoms with E-state index in [9.17, 15) is 9.18 Å². The molecule has 3 rings (SSSR count). The SMILES string of the molecule is Nc1nc(-c2ccc(Cl)cc2F)nc(C(=O)OCc2cccc(Cl)c2)c1Cl. The Balaban J connectivity index is 1.90. The van der Waals surface area contributed by atoms with Crippen molar-refractivity contribution in [1.82, 2.24) is 9.97 Å². The van der Waals surface area contributed by atoms with Crippen molar-refractivity contribution >= 4 is 46.6 Å². The van der Waals surface area contributed by atoms with Gasteiger partial charge in [0.2, 0.25) is 0 Å². The van der Waals surface area contributed by atoms with E-state index < -0.39 is 11.8 Å². The molecule has 0 aliphatic heterocycles. The Morgan fingerprint density at radius 2 is 1.81 bits per heavy atom. The summed E-state index contributed by atoms with van der Waals surface area (Å²) in [5.41, 5.74) is 6.18. The summed E-state index contributed by atoms with van der Waals surface area (Å²) in [4.78, 5) is 20.3. The molecule has 0 bridgehead atoms. The number of rotatable bonds is 4. The van der Waals surface area contributed by atoms with Crippen LogP contribution in [-0.2, 0) is 11.3 Å².